The van der Waals surface area contributed by atoms with Crippen molar-refractivity contribution >= 4 is 17.7 Å². The van der Waals surface area contributed by atoms with Crippen LogP contribution in [0.1, 0.15) is 38.1 Å². The van der Waals surface area contributed by atoms with Crippen LogP contribution in [-0.4, -0.2) is 23.1 Å². The third-order valence-corrected chi connectivity index (χ3v) is 3.13. The van der Waals surface area contributed by atoms with Gasteiger partial charge in [-0.15, -0.1) is 0 Å². The average Bonchev–Trinajstić information content (AvgIpc) is 2.30. The molecule has 5 nitrogen and oxygen atoms in total. The van der Waals surface area contributed by atoms with Crippen LogP contribution in [0.3, 0.4) is 0 Å². The van der Waals surface area contributed by atoms with Crippen molar-refractivity contribution in [3.05, 3.63) is 29.6 Å². The Hall–Kier alpha value is -2.11. The SMILES string of the molecule is CC(NC(=O)Nc1c(F)cccc1C(=O)O)C(C)(C)C. The monoisotopic (exact) mass is 282 g/mol. The molecule has 110 valence electrons. The Morgan fingerprint density at radius 2 is 1.90 bits per heavy atom. The summed E-state index contributed by atoms with van der Waals surface area (Å²) in [4.78, 5) is 22.8. The molecule has 1 aromatic rings. The third kappa shape index (κ3) is 3.94. The van der Waals surface area contributed by atoms with E-state index in [4.69, 9.17) is 5.11 Å². The van der Waals surface area contributed by atoms with E-state index in [0.29, 0.717) is 0 Å². The molecule has 0 saturated carbocycles. The molecule has 0 saturated heterocycles. The molecular weight excluding hydrogens is 263 g/mol. The second-order valence-electron chi connectivity index (χ2n) is 5.65. The minimum Gasteiger partial charge on any atom is -0.478 e. The highest BCUT2D eigenvalue weighted by molar-refractivity contribution is 6.00. The summed E-state index contributed by atoms with van der Waals surface area (Å²) in [5.74, 6) is -2.09. The lowest BCUT2D eigenvalue weighted by atomic mass is 9.88. The Labute approximate surface area is 117 Å². The molecule has 1 unspecified atom stereocenters. The summed E-state index contributed by atoms with van der Waals surface area (Å²) in [6.07, 6.45) is 0. The first-order valence-electron chi connectivity index (χ1n) is 6.22. The number of carbonyl (C=O) groups excluding carboxylic acids is 1. The van der Waals surface area contributed by atoms with Gasteiger partial charge in [-0.2, -0.15) is 0 Å². The normalized spacial score (nSPS) is 12.7. The number of para-hydroxylation sites is 1. The van der Waals surface area contributed by atoms with Crippen LogP contribution in [-0.2, 0) is 0 Å². The number of anilines is 1. The van der Waals surface area contributed by atoms with Crippen LogP contribution in [0.15, 0.2) is 18.2 Å². The molecule has 0 aliphatic carbocycles. The molecule has 0 bridgehead atoms. The maximum absolute atomic E-state index is 13.6. The summed E-state index contributed by atoms with van der Waals surface area (Å²) < 4.78 is 13.6. The largest absolute Gasteiger partial charge is 0.478 e. The van der Waals surface area contributed by atoms with Crippen LogP contribution >= 0.6 is 0 Å². The summed E-state index contributed by atoms with van der Waals surface area (Å²) in [6.45, 7) is 7.66. The van der Waals surface area contributed by atoms with Gasteiger partial charge in [0.1, 0.15) is 5.82 Å². The van der Waals surface area contributed by atoms with Gasteiger partial charge in [-0.25, -0.2) is 14.0 Å². The predicted molar refractivity (Wildman–Crippen MR) is 74.4 cm³/mol. The molecule has 0 radical (unpaired) electrons. The van der Waals surface area contributed by atoms with Crippen LogP contribution in [0.5, 0.6) is 0 Å². The molecule has 1 aromatic carbocycles. The molecule has 20 heavy (non-hydrogen) atoms. The number of hydrogen-bond acceptors (Lipinski definition) is 2. The molecule has 0 aliphatic heterocycles. The minimum absolute atomic E-state index is 0.164. The summed E-state index contributed by atoms with van der Waals surface area (Å²) in [7, 11) is 0. The van der Waals surface area contributed by atoms with E-state index in [0.717, 1.165) is 6.07 Å². The van der Waals surface area contributed by atoms with Crippen LogP contribution < -0.4 is 10.6 Å². The van der Waals surface area contributed by atoms with Crippen molar-refractivity contribution in [3.8, 4) is 0 Å². The van der Waals surface area contributed by atoms with E-state index in [1.165, 1.54) is 12.1 Å². The van der Waals surface area contributed by atoms with Crippen LogP contribution in [0.2, 0.25) is 0 Å². The van der Waals surface area contributed by atoms with Gasteiger partial charge in [-0.05, 0) is 24.5 Å². The lowest BCUT2D eigenvalue weighted by molar-refractivity contribution is 0.0697. The minimum atomic E-state index is -1.30. The van der Waals surface area contributed by atoms with Gasteiger partial charge in [0.2, 0.25) is 0 Å². The molecule has 0 spiro atoms. The van der Waals surface area contributed by atoms with E-state index in [1.807, 2.05) is 27.7 Å². The standard InChI is InChI=1S/C14H19FN2O3/c1-8(14(2,3)4)16-13(20)17-11-9(12(18)19)6-5-7-10(11)15/h5-8H,1-4H3,(H,18,19)(H2,16,17,20). The molecule has 6 heteroatoms. The first kappa shape index (κ1) is 15.9. The summed E-state index contributed by atoms with van der Waals surface area (Å²) in [6, 6.07) is 2.80. The van der Waals surface area contributed by atoms with E-state index in [9.17, 15) is 14.0 Å². The van der Waals surface area contributed by atoms with Crippen molar-refractivity contribution in [2.24, 2.45) is 5.41 Å². The van der Waals surface area contributed by atoms with Crippen molar-refractivity contribution in [2.75, 3.05) is 5.32 Å². The number of halogens is 1. The number of hydrogen-bond donors (Lipinski definition) is 3. The molecule has 0 fully saturated rings. The molecule has 2 amide bonds. The fraction of sp³-hybridized carbons (Fsp3) is 0.429. The van der Waals surface area contributed by atoms with Gasteiger partial charge in [-0.1, -0.05) is 26.8 Å². The van der Waals surface area contributed by atoms with Gasteiger partial charge >= 0.3 is 12.0 Å². The smallest absolute Gasteiger partial charge is 0.337 e. The number of rotatable bonds is 3. The van der Waals surface area contributed by atoms with Crippen molar-refractivity contribution in [1.29, 1.82) is 0 Å². The third-order valence-electron chi connectivity index (χ3n) is 3.13. The lowest BCUT2D eigenvalue weighted by Gasteiger charge is -2.28. The number of amides is 2. The van der Waals surface area contributed by atoms with E-state index in [-0.39, 0.29) is 22.7 Å². The Kier molecular flexibility index (Phi) is 4.70. The second kappa shape index (κ2) is 5.90. The number of benzene rings is 1. The molecule has 0 heterocycles. The van der Waals surface area contributed by atoms with Crippen molar-refractivity contribution in [3.63, 3.8) is 0 Å². The quantitative estimate of drug-likeness (QED) is 0.797. The number of urea groups is 1. The van der Waals surface area contributed by atoms with Crippen LogP contribution in [0.25, 0.3) is 0 Å². The molecule has 0 aliphatic rings. The van der Waals surface area contributed by atoms with Gasteiger partial charge in [0.05, 0.1) is 11.3 Å². The molecular formula is C14H19FN2O3. The number of aromatic carboxylic acids is 1. The first-order valence-corrected chi connectivity index (χ1v) is 6.22. The van der Waals surface area contributed by atoms with Gasteiger partial charge < -0.3 is 15.7 Å². The van der Waals surface area contributed by atoms with Gasteiger partial charge in [0, 0.05) is 6.04 Å². The highest BCUT2D eigenvalue weighted by Crippen LogP contribution is 2.21. The Morgan fingerprint density at radius 1 is 1.30 bits per heavy atom. The lowest BCUT2D eigenvalue weighted by Crippen LogP contribution is -2.43. The Balaban J connectivity index is 2.89. The van der Waals surface area contributed by atoms with E-state index in [1.54, 1.807) is 0 Å². The number of carbonyl (C=O) groups is 2. The molecule has 3 N–H and O–H groups in total. The van der Waals surface area contributed by atoms with Crippen molar-refractivity contribution in [2.45, 2.75) is 33.7 Å². The Morgan fingerprint density at radius 3 is 2.40 bits per heavy atom. The van der Waals surface area contributed by atoms with Gasteiger partial charge in [0.25, 0.3) is 0 Å². The zero-order valence-electron chi connectivity index (χ0n) is 12.0. The maximum atomic E-state index is 13.6. The van der Waals surface area contributed by atoms with E-state index in [2.05, 4.69) is 10.6 Å². The van der Waals surface area contributed by atoms with Crippen LogP contribution in [0, 0.1) is 11.2 Å². The zero-order chi connectivity index (χ0) is 15.5. The highest BCUT2D eigenvalue weighted by Gasteiger charge is 2.23. The molecule has 1 rings (SSSR count). The second-order valence-corrected chi connectivity index (χ2v) is 5.65. The zero-order valence-corrected chi connectivity index (χ0v) is 12.0. The highest BCUT2D eigenvalue weighted by atomic mass is 19.1. The maximum Gasteiger partial charge on any atom is 0.337 e. The number of nitrogens with one attached hydrogen (secondary N) is 2. The molecule has 1 atom stereocenters. The predicted octanol–water partition coefficient (Wildman–Crippen LogP) is 3.08. The van der Waals surface area contributed by atoms with Crippen molar-refractivity contribution < 1.29 is 19.1 Å². The Bertz CT molecular complexity index is 524. The number of carboxylic acid groups (broad SMARTS) is 1. The van der Waals surface area contributed by atoms with Crippen molar-refractivity contribution in [1.82, 2.24) is 5.32 Å². The van der Waals surface area contributed by atoms with E-state index < -0.39 is 17.8 Å². The summed E-state index contributed by atoms with van der Waals surface area (Å²) in [5.41, 5.74) is -0.787. The van der Waals surface area contributed by atoms with Gasteiger partial charge in [-0.3, -0.25) is 0 Å². The number of carboxylic acids is 1. The fourth-order valence-electron chi connectivity index (χ4n) is 1.39. The van der Waals surface area contributed by atoms with Gasteiger partial charge in [0.15, 0.2) is 0 Å². The topological polar surface area (TPSA) is 78.4 Å². The van der Waals surface area contributed by atoms with E-state index >= 15 is 0 Å². The first-order chi connectivity index (χ1) is 9.12. The average molecular weight is 282 g/mol. The fourth-order valence-corrected chi connectivity index (χ4v) is 1.39. The van der Waals surface area contributed by atoms with Crippen LogP contribution in [0.4, 0.5) is 14.9 Å². The summed E-state index contributed by atoms with van der Waals surface area (Å²) in [5, 5.41) is 13.9. The summed E-state index contributed by atoms with van der Waals surface area (Å²) >= 11 is 0. The molecule has 0 aromatic heterocycles.